The van der Waals surface area contributed by atoms with Gasteiger partial charge in [-0.2, -0.15) is 5.26 Å². The quantitative estimate of drug-likeness (QED) is 0.729. The monoisotopic (exact) mass is 310 g/mol. The summed E-state index contributed by atoms with van der Waals surface area (Å²) in [6, 6.07) is 10.3. The Kier molecular flexibility index (Phi) is 4.80. The van der Waals surface area contributed by atoms with E-state index in [-0.39, 0.29) is 11.7 Å². The van der Waals surface area contributed by atoms with Crippen molar-refractivity contribution in [3.8, 4) is 17.2 Å². The maximum Gasteiger partial charge on any atom is 0.254 e. The lowest BCUT2D eigenvalue weighted by Gasteiger charge is -2.15. The number of nitrogens with zero attached hydrogens (tertiary/aromatic N) is 2. The summed E-state index contributed by atoms with van der Waals surface area (Å²) >= 11 is 0. The van der Waals surface area contributed by atoms with Gasteiger partial charge in [0.2, 0.25) is 0 Å². The minimum absolute atomic E-state index is 0.136. The Labute approximate surface area is 136 Å². The highest BCUT2D eigenvalue weighted by atomic mass is 19.1. The predicted octanol–water partition coefficient (Wildman–Crippen LogP) is 4.28. The van der Waals surface area contributed by atoms with Crippen LogP contribution in [0.5, 0.6) is 0 Å². The predicted molar refractivity (Wildman–Crippen MR) is 88.4 cm³/mol. The van der Waals surface area contributed by atoms with Crippen molar-refractivity contribution in [3.05, 3.63) is 58.4 Å². The van der Waals surface area contributed by atoms with Gasteiger partial charge in [-0.15, -0.1) is 0 Å². The fourth-order valence-corrected chi connectivity index (χ4v) is 2.67. The average molecular weight is 310 g/mol. The summed E-state index contributed by atoms with van der Waals surface area (Å²) < 4.78 is 13.9. The molecule has 1 aliphatic rings. The van der Waals surface area contributed by atoms with Crippen LogP contribution in [0.4, 0.5) is 4.39 Å². The zero-order valence-corrected chi connectivity index (χ0v) is 13.8. The Morgan fingerprint density at radius 2 is 1.83 bits per heavy atom. The molecule has 0 aliphatic carbocycles. The van der Waals surface area contributed by atoms with E-state index >= 15 is 0 Å². The highest BCUT2D eigenvalue weighted by Crippen LogP contribution is 2.34. The minimum atomic E-state index is -0.332. The zero-order chi connectivity index (χ0) is 17.1. The summed E-state index contributed by atoms with van der Waals surface area (Å²) in [7, 11) is 1.71. The lowest BCUT2D eigenvalue weighted by molar-refractivity contribution is 0.0788. The third-order valence-electron chi connectivity index (χ3n) is 3.81. The Morgan fingerprint density at radius 1 is 1.13 bits per heavy atom. The topological polar surface area (TPSA) is 44.1 Å². The molecule has 0 radical (unpaired) electrons. The molecular weight excluding hydrogens is 291 g/mol. The van der Waals surface area contributed by atoms with Gasteiger partial charge in [0, 0.05) is 19.2 Å². The number of hydrogen-bond donors (Lipinski definition) is 0. The third kappa shape index (κ3) is 2.95. The van der Waals surface area contributed by atoms with E-state index in [1.807, 2.05) is 13.8 Å². The van der Waals surface area contributed by atoms with Gasteiger partial charge in [0.1, 0.15) is 5.82 Å². The van der Waals surface area contributed by atoms with E-state index in [4.69, 9.17) is 5.26 Å². The molecule has 3 rings (SSSR count). The number of carbonyl (C=O) groups is 1. The molecule has 0 aromatic heterocycles. The molecule has 0 atom stereocenters. The van der Waals surface area contributed by atoms with Crippen LogP contribution >= 0.6 is 0 Å². The van der Waals surface area contributed by atoms with Crippen LogP contribution in [0.1, 0.15) is 40.9 Å². The summed E-state index contributed by atoms with van der Waals surface area (Å²) in [4.78, 5) is 14.0. The van der Waals surface area contributed by atoms with Crippen molar-refractivity contribution in [1.29, 1.82) is 5.26 Å². The molecule has 0 unspecified atom stereocenters. The first-order chi connectivity index (χ1) is 11.0. The zero-order valence-electron chi connectivity index (χ0n) is 13.8. The van der Waals surface area contributed by atoms with Crippen LogP contribution in [0.3, 0.4) is 0 Å². The molecule has 0 saturated carbocycles. The average Bonchev–Trinajstić information content (AvgIpc) is 2.66. The first-order valence-corrected chi connectivity index (χ1v) is 7.60. The fraction of sp³-hybridized carbons (Fsp3) is 0.263. The second kappa shape index (κ2) is 6.62. The van der Waals surface area contributed by atoms with Gasteiger partial charge in [-0.3, -0.25) is 4.79 Å². The Bertz CT molecular complexity index is 806. The van der Waals surface area contributed by atoms with Gasteiger partial charge < -0.3 is 4.90 Å². The van der Waals surface area contributed by atoms with Crippen molar-refractivity contribution in [3.63, 3.8) is 0 Å². The Morgan fingerprint density at radius 3 is 2.48 bits per heavy atom. The van der Waals surface area contributed by atoms with Crippen molar-refractivity contribution in [1.82, 2.24) is 4.90 Å². The number of benzene rings is 2. The van der Waals surface area contributed by atoms with Crippen molar-refractivity contribution in [2.24, 2.45) is 0 Å². The van der Waals surface area contributed by atoms with E-state index in [0.29, 0.717) is 28.8 Å². The molecular formula is C19H19FN2O. The molecule has 0 spiro atoms. The minimum Gasteiger partial charge on any atom is -0.337 e. The van der Waals surface area contributed by atoms with E-state index in [1.54, 1.807) is 43.1 Å². The van der Waals surface area contributed by atoms with Gasteiger partial charge in [-0.1, -0.05) is 19.9 Å². The number of nitriles is 1. The van der Waals surface area contributed by atoms with E-state index < -0.39 is 0 Å². The molecule has 118 valence electrons. The molecule has 1 amide bonds. The molecule has 4 heteroatoms. The van der Waals surface area contributed by atoms with Gasteiger partial charge in [0.25, 0.3) is 5.91 Å². The van der Waals surface area contributed by atoms with Crippen molar-refractivity contribution < 1.29 is 9.18 Å². The Hall–Kier alpha value is -2.67. The number of hydrogen-bond acceptors (Lipinski definition) is 2. The molecule has 23 heavy (non-hydrogen) atoms. The summed E-state index contributed by atoms with van der Waals surface area (Å²) in [5.41, 5.74) is 3.73. The van der Waals surface area contributed by atoms with Crippen LogP contribution in [-0.2, 0) is 6.54 Å². The molecule has 0 N–H and O–H groups in total. The second-order valence-electron chi connectivity index (χ2n) is 5.29. The molecule has 3 nitrogen and oxygen atoms in total. The molecule has 1 aliphatic heterocycles. The lowest BCUT2D eigenvalue weighted by atomic mass is 9.94. The van der Waals surface area contributed by atoms with Gasteiger partial charge in [0.05, 0.1) is 11.6 Å². The molecule has 0 fully saturated rings. The maximum absolute atomic E-state index is 13.9. The number of amides is 1. The molecule has 2 aromatic carbocycles. The van der Waals surface area contributed by atoms with Crippen LogP contribution in [0.15, 0.2) is 30.3 Å². The second-order valence-corrected chi connectivity index (χ2v) is 5.29. The molecule has 2 aromatic rings. The fourth-order valence-electron chi connectivity index (χ4n) is 2.67. The first-order valence-electron chi connectivity index (χ1n) is 7.60. The summed E-state index contributed by atoms with van der Waals surface area (Å²) in [5.74, 6) is -0.468. The highest BCUT2D eigenvalue weighted by Gasteiger charge is 2.25. The first kappa shape index (κ1) is 16.7. The molecule has 0 saturated heterocycles. The van der Waals surface area contributed by atoms with Crippen molar-refractivity contribution in [2.45, 2.75) is 27.3 Å². The molecule has 1 heterocycles. The normalized spacial score (nSPS) is 12.3. The maximum atomic E-state index is 13.9. The van der Waals surface area contributed by atoms with E-state index in [2.05, 4.69) is 6.07 Å². The van der Waals surface area contributed by atoms with Crippen LogP contribution in [0, 0.1) is 24.1 Å². The highest BCUT2D eigenvalue weighted by molar-refractivity contribution is 6.02. The number of aryl methyl sites for hydroxylation is 1. The van der Waals surface area contributed by atoms with Crippen LogP contribution in [0.25, 0.3) is 11.1 Å². The van der Waals surface area contributed by atoms with Gasteiger partial charge in [-0.25, -0.2) is 4.39 Å². The SMILES string of the molecule is CC.Cc1cc2c(cc1F)-c1ccc(C#N)cc1CN(C)C2=O. The lowest BCUT2D eigenvalue weighted by Crippen LogP contribution is -2.25. The van der Waals surface area contributed by atoms with Crippen LogP contribution in [0.2, 0.25) is 0 Å². The van der Waals surface area contributed by atoms with Crippen LogP contribution < -0.4 is 0 Å². The van der Waals surface area contributed by atoms with Gasteiger partial charge in [-0.05, 0) is 53.4 Å². The van der Waals surface area contributed by atoms with Gasteiger partial charge >= 0.3 is 0 Å². The van der Waals surface area contributed by atoms with Crippen molar-refractivity contribution >= 4 is 5.91 Å². The van der Waals surface area contributed by atoms with Crippen LogP contribution in [-0.4, -0.2) is 17.9 Å². The van der Waals surface area contributed by atoms with E-state index in [0.717, 1.165) is 11.1 Å². The summed E-state index contributed by atoms with van der Waals surface area (Å²) in [6.07, 6.45) is 0. The standard InChI is InChI=1S/C17H13FN2O.C2H6/c1-10-5-15-14(7-16(10)18)13-4-3-11(8-19)6-12(13)9-20(2)17(15)21;1-2/h3-7H,9H2,1-2H3;1-2H3. The van der Waals surface area contributed by atoms with E-state index in [1.165, 1.54) is 6.07 Å². The summed E-state index contributed by atoms with van der Waals surface area (Å²) in [6.45, 7) is 6.05. The number of halogens is 1. The number of fused-ring (bicyclic) bond motifs is 3. The smallest absolute Gasteiger partial charge is 0.254 e. The number of carbonyl (C=O) groups excluding carboxylic acids is 1. The van der Waals surface area contributed by atoms with Gasteiger partial charge in [0.15, 0.2) is 0 Å². The molecule has 0 bridgehead atoms. The Balaban J connectivity index is 0.000000924. The number of rotatable bonds is 0. The van der Waals surface area contributed by atoms with Crippen molar-refractivity contribution in [2.75, 3.05) is 7.05 Å². The summed E-state index contributed by atoms with van der Waals surface area (Å²) in [5, 5.41) is 9.01. The van der Waals surface area contributed by atoms with E-state index in [9.17, 15) is 9.18 Å². The third-order valence-corrected chi connectivity index (χ3v) is 3.81. The largest absolute Gasteiger partial charge is 0.337 e.